The molecule has 1 saturated heterocycles. The number of hydrogen-bond donors (Lipinski definition) is 2. The van der Waals surface area contributed by atoms with Gasteiger partial charge in [0.2, 0.25) is 11.8 Å². The van der Waals surface area contributed by atoms with Crippen LogP contribution in [0.5, 0.6) is 0 Å². The molecule has 0 aliphatic carbocycles. The summed E-state index contributed by atoms with van der Waals surface area (Å²) >= 11 is 0. The number of para-hydroxylation sites is 1. The van der Waals surface area contributed by atoms with E-state index >= 15 is 0 Å². The normalized spacial score (nSPS) is 16.0. The van der Waals surface area contributed by atoms with Gasteiger partial charge in [0.25, 0.3) is 0 Å². The van der Waals surface area contributed by atoms with Crippen molar-refractivity contribution in [3.8, 4) is 6.07 Å². The molecular weight excluding hydrogens is 515 g/mol. The third kappa shape index (κ3) is 8.84. The highest BCUT2D eigenvalue weighted by molar-refractivity contribution is 6.39. The Labute approximate surface area is 224 Å². The van der Waals surface area contributed by atoms with Crippen molar-refractivity contribution in [3.63, 3.8) is 0 Å². The van der Waals surface area contributed by atoms with Crippen molar-refractivity contribution >= 4 is 35.0 Å². The average Bonchev–Trinajstić information content (AvgIpc) is 3.32. The molecule has 4 amide bonds. The van der Waals surface area contributed by atoms with E-state index in [2.05, 4.69) is 26.1 Å². The molecule has 0 bridgehead atoms. The fourth-order valence-corrected chi connectivity index (χ4v) is 3.54. The molecule has 0 radical (unpaired) electrons. The van der Waals surface area contributed by atoms with E-state index in [4.69, 9.17) is 0 Å². The number of rotatable bonds is 5. The lowest BCUT2D eigenvalue weighted by molar-refractivity contribution is -0.145. The van der Waals surface area contributed by atoms with Gasteiger partial charge in [0.05, 0.1) is 18.5 Å². The Balaban J connectivity index is 0.00000124. The van der Waals surface area contributed by atoms with Gasteiger partial charge in [0.1, 0.15) is 6.04 Å². The lowest BCUT2D eigenvalue weighted by atomic mass is 10.1. The maximum absolute atomic E-state index is 13.3. The molecule has 2 unspecified atom stereocenters. The first-order valence-electron chi connectivity index (χ1n) is 12.1. The molecule has 2 atom stereocenters. The van der Waals surface area contributed by atoms with Gasteiger partial charge in [-0.2, -0.15) is 5.26 Å². The molecule has 0 spiro atoms. The van der Waals surface area contributed by atoms with Crippen LogP contribution in [0.3, 0.4) is 0 Å². The van der Waals surface area contributed by atoms with Crippen LogP contribution in [0, 0.1) is 40.6 Å². The summed E-state index contributed by atoms with van der Waals surface area (Å²) in [5.74, 6) is -8.23. The number of benzene rings is 2. The van der Waals surface area contributed by atoms with Crippen LogP contribution >= 0.6 is 0 Å². The first-order chi connectivity index (χ1) is 18.3. The van der Waals surface area contributed by atoms with Crippen LogP contribution in [0.4, 0.5) is 24.5 Å². The van der Waals surface area contributed by atoms with Crippen molar-refractivity contribution < 1.29 is 32.3 Å². The summed E-state index contributed by atoms with van der Waals surface area (Å²) in [5, 5.41) is 14.1. The van der Waals surface area contributed by atoms with Crippen LogP contribution in [0.2, 0.25) is 0 Å². The van der Waals surface area contributed by atoms with Gasteiger partial charge >= 0.3 is 11.8 Å². The third-order valence-corrected chi connectivity index (χ3v) is 5.34. The molecule has 1 aliphatic heterocycles. The summed E-state index contributed by atoms with van der Waals surface area (Å²) in [6, 6.07) is 10.7. The maximum atomic E-state index is 13.3. The number of nitrogens with one attached hydrogen (secondary N) is 2. The Morgan fingerprint density at radius 2 is 1.59 bits per heavy atom. The Bertz CT molecular complexity index is 1220. The monoisotopic (exact) mass is 545 g/mol. The zero-order chi connectivity index (χ0) is 29.3. The van der Waals surface area contributed by atoms with Crippen molar-refractivity contribution in [2.45, 2.75) is 33.2 Å². The number of nitriles is 1. The van der Waals surface area contributed by atoms with Gasteiger partial charge in [-0.1, -0.05) is 39.0 Å². The fourth-order valence-electron chi connectivity index (χ4n) is 3.54. The zero-order valence-electron chi connectivity index (χ0n) is 22.0. The first kappa shape index (κ1) is 30.8. The van der Waals surface area contributed by atoms with Gasteiger partial charge in [-0.15, -0.1) is 0 Å². The van der Waals surface area contributed by atoms with Gasteiger partial charge in [-0.3, -0.25) is 19.2 Å². The summed E-state index contributed by atoms with van der Waals surface area (Å²) in [5.41, 5.74) is 0.0730. The van der Waals surface area contributed by atoms with E-state index in [-0.39, 0.29) is 18.9 Å². The summed E-state index contributed by atoms with van der Waals surface area (Å²) in [6.07, 6.45) is 0.0980. The van der Waals surface area contributed by atoms with E-state index in [9.17, 15) is 37.6 Å². The number of carbonyl (C=O) groups excluding carboxylic acids is 4. The molecule has 1 heterocycles. The van der Waals surface area contributed by atoms with Crippen LogP contribution in [-0.4, -0.2) is 59.6 Å². The second-order valence-corrected chi connectivity index (χ2v) is 9.58. The largest absolute Gasteiger partial charge is 0.328 e. The Kier molecular flexibility index (Phi) is 11.0. The minimum atomic E-state index is -1.73. The number of anilines is 2. The highest BCUT2D eigenvalue weighted by Gasteiger charge is 2.39. The van der Waals surface area contributed by atoms with Crippen LogP contribution in [-0.2, 0) is 19.2 Å². The van der Waals surface area contributed by atoms with Gasteiger partial charge < -0.3 is 20.4 Å². The Morgan fingerprint density at radius 1 is 1.03 bits per heavy atom. The van der Waals surface area contributed by atoms with Crippen LogP contribution in [0.1, 0.15) is 27.2 Å². The van der Waals surface area contributed by atoms with E-state index < -0.39 is 59.4 Å². The van der Waals surface area contributed by atoms with E-state index in [0.717, 1.165) is 22.8 Å². The minimum absolute atomic E-state index is 0.0575. The molecule has 2 aromatic rings. The SMILES string of the molecule is CC(C)C.CN(CC(=O)N1CC(C(=O)Nc2ccccc2)CC1C#N)C(=O)C(=O)Nc1cc(F)c(F)c(F)c1. The first-order valence-corrected chi connectivity index (χ1v) is 12.1. The average molecular weight is 546 g/mol. The van der Waals surface area contributed by atoms with Crippen molar-refractivity contribution in [2.75, 3.05) is 30.8 Å². The van der Waals surface area contributed by atoms with E-state index in [1.807, 2.05) is 11.4 Å². The number of nitrogens with zero attached hydrogens (tertiary/aromatic N) is 3. The number of amides is 4. The molecule has 1 aliphatic rings. The Hall–Kier alpha value is -4.40. The Morgan fingerprint density at radius 3 is 2.13 bits per heavy atom. The van der Waals surface area contributed by atoms with Crippen LogP contribution in [0.15, 0.2) is 42.5 Å². The fraction of sp³-hybridized carbons (Fsp3) is 0.370. The molecule has 12 heteroatoms. The zero-order valence-corrected chi connectivity index (χ0v) is 22.0. The van der Waals surface area contributed by atoms with Crippen molar-refractivity contribution in [2.24, 2.45) is 11.8 Å². The summed E-state index contributed by atoms with van der Waals surface area (Å²) in [6.45, 7) is 5.85. The molecule has 2 N–H and O–H groups in total. The van der Waals surface area contributed by atoms with Crippen LogP contribution in [0.25, 0.3) is 0 Å². The van der Waals surface area contributed by atoms with E-state index in [1.165, 1.54) is 0 Å². The highest BCUT2D eigenvalue weighted by Crippen LogP contribution is 2.25. The van der Waals surface area contributed by atoms with E-state index in [1.54, 1.807) is 30.3 Å². The number of halogens is 3. The molecule has 208 valence electrons. The molecule has 9 nitrogen and oxygen atoms in total. The number of likely N-dealkylation sites (N-methyl/N-ethyl adjacent to an activating group) is 1. The predicted molar refractivity (Wildman–Crippen MR) is 137 cm³/mol. The summed E-state index contributed by atoms with van der Waals surface area (Å²) < 4.78 is 39.7. The van der Waals surface area contributed by atoms with Crippen molar-refractivity contribution in [1.82, 2.24) is 9.80 Å². The molecule has 3 rings (SSSR count). The lowest BCUT2D eigenvalue weighted by Crippen LogP contribution is -2.46. The van der Waals surface area contributed by atoms with Gasteiger partial charge in [-0.05, 0) is 24.5 Å². The summed E-state index contributed by atoms with van der Waals surface area (Å²) in [7, 11) is 1.14. The second kappa shape index (κ2) is 13.9. The van der Waals surface area contributed by atoms with Gasteiger partial charge in [0, 0.05) is 37.1 Å². The minimum Gasteiger partial charge on any atom is -0.328 e. The summed E-state index contributed by atoms with van der Waals surface area (Å²) in [4.78, 5) is 51.6. The van der Waals surface area contributed by atoms with Crippen molar-refractivity contribution in [1.29, 1.82) is 5.26 Å². The van der Waals surface area contributed by atoms with Gasteiger partial charge in [0.15, 0.2) is 17.5 Å². The lowest BCUT2D eigenvalue weighted by Gasteiger charge is -2.23. The second-order valence-electron chi connectivity index (χ2n) is 9.58. The molecule has 0 aromatic heterocycles. The van der Waals surface area contributed by atoms with E-state index in [0.29, 0.717) is 17.8 Å². The standard InChI is InChI=1S/C23H20F3N5O4.C4H10/c1-30(23(35)22(34)29-15-8-17(24)20(26)18(25)9-15)12-19(32)31-11-13(7-16(31)10-27)21(33)28-14-5-3-2-4-6-14;1-4(2)3/h2-6,8-9,13,16H,7,11-12H2,1H3,(H,28,33)(H,29,34);4H,1-3H3. The molecule has 0 saturated carbocycles. The third-order valence-electron chi connectivity index (χ3n) is 5.34. The van der Waals surface area contributed by atoms with Gasteiger partial charge in [-0.25, -0.2) is 13.2 Å². The van der Waals surface area contributed by atoms with Crippen molar-refractivity contribution in [3.05, 3.63) is 59.9 Å². The molecule has 39 heavy (non-hydrogen) atoms. The molecule has 2 aromatic carbocycles. The highest BCUT2D eigenvalue weighted by atomic mass is 19.2. The maximum Gasteiger partial charge on any atom is 0.313 e. The molecule has 1 fully saturated rings. The number of carbonyl (C=O) groups is 4. The molecular formula is C27H30F3N5O4. The number of hydrogen-bond acceptors (Lipinski definition) is 5. The van der Waals surface area contributed by atoms with Crippen LogP contribution < -0.4 is 10.6 Å². The predicted octanol–water partition coefficient (Wildman–Crippen LogP) is 3.54. The smallest absolute Gasteiger partial charge is 0.313 e. The topological polar surface area (TPSA) is 123 Å². The quantitative estimate of drug-likeness (QED) is 0.440. The number of likely N-dealkylation sites (tertiary alicyclic amines) is 1.